The number of hydrogen-bond acceptors (Lipinski definition) is 4. The molecule has 2 aromatic rings. The highest BCUT2D eigenvalue weighted by molar-refractivity contribution is 5.55. The van der Waals surface area contributed by atoms with Gasteiger partial charge in [-0.2, -0.15) is 0 Å². The van der Waals surface area contributed by atoms with E-state index in [2.05, 4.69) is 5.32 Å². The van der Waals surface area contributed by atoms with Crippen LogP contribution in [0.4, 0.5) is 4.39 Å². The predicted octanol–water partition coefficient (Wildman–Crippen LogP) is 3.18. The van der Waals surface area contributed by atoms with E-state index < -0.39 is 0 Å². The summed E-state index contributed by atoms with van der Waals surface area (Å²) in [6.07, 6.45) is 0.829. The van der Waals surface area contributed by atoms with Gasteiger partial charge in [0, 0.05) is 12.1 Å². The van der Waals surface area contributed by atoms with Crippen molar-refractivity contribution in [1.82, 2.24) is 5.32 Å². The van der Waals surface area contributed by atoms with Crippen LogP contribution < -0.4 is 19.5 Å². The zero-order valence-corrected chi connectivity index (χ0v) is 13.7. The third-order valence-electron chi connectivity index (χ3n) is 3.60. The number of hydrogen-bond donors (Lipinski definition) is 1. The molecule has 0 aliphatic carbocycles. The van der Waals surface area contributed by atoms with Crippen LogP contribution in [-0.4, -0.2) is 27.9 Å². The van der Waals surface area contributed by atoms with E-state index in [1.165, 1.54) is 12.1 Å². The summed E-state index contributed by atoms with van der Waals surface area (Å²) in [5, 5.41) is 3.36. The molecule has 0 aliphatic heterocycles. The summed E-state index contributed by atoms with van der Waals surface area (Å²) in [5.41, 5.74) is 2.09. The van der Waals surface area contributed by atoms with E-state index in [0.29, 0.717) is 23.8 Å². The van der Waals surface area contributed by atoms with Gasteiger partial charge in [-0.25, -0.2) is 4.39 Å². The fraction of sp³-hybridized carbons (Fsp3) is 0.333. The molecule has 0 aromatic heterocycles. The lowest BCUT2D eigenvalue weighted by atomic mass is 10.1. The van der Waals surface area contributed by atoms with Crippen molar-refractivity contribution in [3.8, 4) is 17.2 Å². The van der Waals surface area contributed by atoms with E-state index in [-0.39, 0.29) is 5.82 Å². The zero-order chi connectivity index (χ0) is 16.7. The molecular weight excluding hydrogens is 297 g/mol. The normalized spacial score (nSPS) is 10.4. The van der Waals surface area contributed by atoms with Crippen molar-refractivity contribution in [2.24, 2.45) is 0 Å². The van der Waals surface area contributed by atoms with Gasteiger partial charge in [0.2, 0.25) is 5.75 Å². The first kappa shape index (κ1) is 17.1. The molecule has 1 N–H and O–H groups in total. The highest BCUT2D eigenvalue weighted by Gasteiger charge is 2.15. The Morgan fingerprint density at radius 3 is 2.17 bits per heavy atom. The molecule has 0 fully saturated rings. The molecule has 0 heterocycles. The molecular formula is C18H22FNO3. The summed E-state index contributed by atoms with van der Waals surface area (Å²) in [5.74, 6) is 1.69. The first-order chi connectivity index (χ1) is 11.2. The Morgan fingerprint density at radius 2 is 1.57 bits per heavy atom. The summed E-state index contributed by atoms with van der Waals surface area (Å²) in [6.45, 7) is 1.42. The largest absolute Gasteiger partial charge is 0.493 e. The molecule has 5 heteroatoms. The van der Waals surface area contributed by atoms with E-state index in [4.69, 9.17) is 14.2 Å². The number of halogens is 1. The lowest BCUT2D eigenvalue weighted by Gasteiger charge is -2.16. The average molecular weight is 319 g/mol. The molecule has 0 radical (unpaired) electrons. The standard InChI is InChI=1S/C18H22FNO3/c1-21-16-9-6-14(17(22-2)18(16)23-3)12-20-11-10-13-4-7-15(19)8-5-13/h4-9,20H,10-12H2,1-3H3. The molecule has 0 atom stereocenters. The van der Waals surface area contributed by atoms with Crippen molar-refractivity contribution < 1.29 is 18.6 Å². The Balaban J connectivity index is 1.96. The summed E-state index contributed by atoms with van der Waals surface area (Å²) in [4.78, 5) is 0. The van der Waals surface area contributed by atoms with Crippen LogP contribution in [0.5, 0.6) is 17.2 Å². The van der Waals surface area contributed by atoms with Gasteiger partial charge in [-0.15, -0.1) is 0 Å². The van der Waals surface area contributed by atoms with Gasteiger partial charge in [0.1, 0.15) is 5.82 Å². The molecule has 23 heavy (non-hydrogen) atoms. The van der Waals surface area contributed by atoms with Crippen LogP contribution in [0.25, 0.3) is 0 Å². The minimum absolute atomic E-state index is 0.211. The highest BCUT2D eigenvalue weighted by Crippen LogP contribution is 2.39. The SMILES string of the molecule is COc1ccc(CNCCc2ccc(F)cc2)c(OC)c1OC. The second-order valence-electron chi connectivity index (χ2n) is 5.05. The van der Waals surface area contributed by atoms with Crippen LogP contribution in [0, 0.1) is 5.82 Å². The van der Waals surface area contributed by atoms with Gasteiger partial charge in [0.15, 0.2) is 11.5 Å². The van der Waals surface area contributed by atoms with Gasteiger partial charge in [-0.1, -0.05) is 18.2 Å². The monoisotopic (exact) mass is 319 g/mol. The Bertz CT molecular complexity index is 629. The average Bonchev–Trinajstić information content (AvgIpc) is 2.59. The van der Waals surface area contributed by atoms with E-state index in [9.17, 15) is 4.39 Å². The third kappa shape index (κ3) is 4.36. The second kappa shape index (κ2) is 8.39. The maximum absolute atomic E-state index is 12.9. The summed E-state index contributed by atoms with van der Waals surface area (Å²) < 4.78 is 29.0. The van der Waals surface area contributed by atoms with E-state index >= 15 is 0 Å². The zero-order valence-electron chi connectivity index (χ0n) is 13.7. The summed E-state index contributed by atoms with van der Waals surface area (Å²) in [7, 11) is 4.79. The topological polar surface area (TPSA) is 39.7 Å². The fourth-order valence-corrected chi connectivity index (χ4v) is 2.41. The van der Waals surface area contributed by atoms with Gasteiger partial charge < -0.3 is 19.5 Å². The van der Waals surface area contributed by atoms with Gasteiger partial charge >= 0.3 is 0 Å². The second-order valence-corrected chi connectivity index (χ2v) is 5.05. The molecule has 4 nitrogen and oxygen atoms in total. The van der Waals surface area contributed by atoms with Crippen molar-refractivity contribution in [2.75, 3.05) is 27.9 Å². The minimum Gasteiger partial charge on any atom is -0.493 e. The van der Waals surface area contributed by atoms with E-state index in [1.807, 2.05) is 12.1 Å². The van der Waals surface area contributed by atoms with Gasteiger partial charge in [-0.05, 0) is 36.7 Å². The minimum atomic E-state index is -0.211. The van der Waals surface area contributed by atoms with E-state index in [1.54, 1.807) is 33.5 Å². The summed E-state index contributed by atoms with van der Waals surface area (Å²) >= 11 is 0. The maximum Gasteiger partial charge on any atom is 0.203 e. The van der Waals surface area contributed by atoms with Gasteiger partial charge in [-0.3, -0.25) is 0 Å². The lowest BCUT2D eigenvalue weighted by Crippen LogP contribution is -2.17. The van der Waals surface area contributed by atoms with E-state index in [0.717, 1.165) is 24.1 Å². The fourth-order valence-electron chi connectivity index (χ4n) is 2.41. The van der Waals surface area contributed by atoms with Crippen molar-refractivity contribution in [3.05, 3.63) is 53.3 Å². The van der Waals surface area contributed by atoms with Crippen LogP contribution in [0.2, 0.25) is 0 Å². The lowest BCUT2D eigenvalue weighted by molar-refractivity contribution is 0.321. The number of nitrogens with one attached hydrogen (secondary N) is 1. The number of ether oxygens (including phenoxy) is 3. The Kier molecular flexibility index (Phi) is 6.23. The molecule has 0 aliphatic rings. The first-order valence-corrected chi connectivity index (χ1v) is 7.42. The number of methoxy groups -OCH3 is 3. The highest BCUT2D eigenvalue weighted by atomic mass is 19.1. The Labute approximate surface area is 136 Å². The molecule has 124 valence electrons. The maximum atomic E-state index is 12.9. The molecule has 0 saturated heterocycles. The summed E-state index contributed by atoms with van der Waals surface area (Å²) in [6, 6.07) is 10.4. The predicted molar refractivity (Wildman–Crippen MR) is 87.9 cm³/mol. The molecule has 0 amide bonds. The van der Waals surface area contributed by atoms with Crippen LogP contribution in [0.15, 0.2) is 36.4 Å². The van der Waals surface area contributed by atoms with Crippen molar-refractivity contribution >= 4 is 0 Å². The van der Waals surface area contributed by atoms with Crippen LogP contribution in [-0.2, 0) is 13.0 Å². The van der Waals surface area contributed by atoms with Crippen molar-refractivity contribution in [1.29, 1.82) is 0 Å². The molecule has 0 unspecified atom stereocenters. The van der Waals surface area contributed by atoms with Crippen LogP contribution in [0.1, 0.15) is 11.1 Å². The molecule has 2 aromatic carbocycles. The Morgan fingerprint density at radius 1 is 0.870 bits per heavy atom. The molecule has 2 rings (SSSR count). The van der Waals surface area contributed by atoms with Gasteiger partial charge in [0.05, 0.1) is 21.3 Å². The molecule has 0 bridgehead atoms. The van der Waals surface area contributed by atoms with Crippen LogP contribution >= 0.6 is 0 Å². The molecule has 0 saturated carbocycles. The Hall–Kier alpha value is -2.27. The quantitative estimate of drug-likeness (QED) is 0.759. The van der Waals surface area contributed by atoms with Crippen LogP contribution in [0.3, 0.4) is 0 Å². The van der Waals surface area contributed by atoms with Gasteiger partial charge in [0.25, 0.3) is 0 Å². The van der Waals surface area contributed by atoms with Crippen molar-refractivity contribution in [3.63, 3.8) is 0 Å². The smallest absolute Gasteiger partial charge is 0.203 e. The first-order valence-electron chi connectivity index (χ1n) is 7.42. The number of benzene rings is 2. The van der Waals surface area contributed by atoms with Crippen molar-refractivity contribution in [2.45, 2.75) is 13.0 Å². The number of rotatable bonds is 8. The molecule has 0 spiro atoms. The third-order valence-corrected chi connectivity index (χ3v) is 3.60.